The predicted octanol–water partition coefficient (Wildman–Crippen LogP) is 1.64. The second-order valence-electron chi connectivity index (χ2n) is 5.77. The highest BCUT2D eigenvalue weighted by atomic mass is 16.3. The lowest BCUT2D eigenvalue weighted by molar-refractivity contribution is -0.147. The molecule has 20 heavy (non-hydrogen) atoms. The molecular weight excluding hydrogens is 256 g/mol. The Hall–Kier alpha value is -1.81. The summed E-state index contributed by atoms with van der Waals surface area (Å²) in [6.45, 7) is 3.12. The normalized spacial score (nSPS) is 35.0. The number of fused-ring (bicyclic) bond motifs is 4. The number of carbonyl (C=O) groups is 3. The number of hydrogen-bond donors (Lipinski definition) is 1. The van der Waals surface area contributed by atoms with Crippen molar-refractivity contribution in [2.75, 3.05) is 0 Å². The summed E-state index contributed by atoms with van der Waals surface area (Å²) in [7, 11) is 0. The summed E-state index contributed by atoms with van der Waals surface area (Å²) < 4.78 is 0. The van der Waals surface area contributed by atoms with Gasteiger partial charge in [-0.05, 0) is 19.8 Å². The molecule has 1 aromatic rings. The second-order valence-corrected chi connectivity index (χ2v) is 5.77. The molecule has 4 heteroatoms. The van der Waals surface area contributed by atoms with Gasteiger partial charge in [-0.15, -0.1) is 0 Å². The van der Waals surface area contributed by atoms with Crippen LogP contribution in [0.4, 0.5) is 0 Å². The van der Waals surface area contributed by atoms with E-state index in [1.165, 1.54) is 6.92 Å². The molecule has 0 aliphatic heterocycles. The fourth-order valence-electron chi connectivity index (χ4n) is 3.79. The van der Waals surface area contributed by atoms with Crippen LogP contribution >= 0.6 is 0 Å². The third kappa shape index (κ3) is 1.23. The molecular formula is C16H16O4. The summed E-state index contributed by atoms with van der Waals surface area (Å²) in [5.74, 6) is -1.84. The minimum atomic E-state index is -1.84. The molecule has 0 spiro atoms. The summed E-state index contributed by atoms with van der Waals surface area (Å²) >= 11 is 0. The minimum Gasteiger partial charge on any atom is -0.376 e. The van der Waals surface area contributed by atoms with Gasteiger partial charge < -0.3 is 5.11 Å². The summed E-state index contributed by atoms with van der Waals surface area (Å²) in [5.41, 5.74) is -2.41. The van der Waals surface area contributed by atoms with Gasteiger partial charge in [0.05, 0.1) is 11.3 Å². The number of aliphatic hydroxyl groups is 1. The van der Waals surface area contributed by atoms with E-state index in [1.54, 1.807) is 31.2 Å². The highest BCUT2D eigenvalue weighted by Crippen LogP contribution is 2.57. The van der Waals surface area contributed by atoms with Gasteiger partial charge in [0, 0.05) is 11.1 Å². The fourth-order valence-corrected chi connectivity index (χ4v) is 3.79. The molecule has 2 aliphatic carbocycles. The Balaban J connectivity index is 2.37. The summed E-state index contributed by atoms with van der Waals surface area (Å²) in [6.07, 6.45) is 0.423. The number of Topliss-reactive ketones (excluding diaryl/α,β-unsaturated/α-hetero) is 3. The number of ketones is 3. The molecule has 1 aromatic carbocycles. The second kappa shape index (κ2) is 3.85. The van der Waals surface area contributed by atoms with Crippen molar-refractivity contribution in [1.82, 2.24) is 0 Å². The minimum absolute atomic E-state index is 0.113. The van der Waals surface area contributed by atoms with Crippen LogP contribution in [0.3, 0.4) is 0 Å². The molecule has 0 amide bonds. The maximum Gasteiger partial charge on any atom is 0.183 e. The van der Waals surface area contributed by atoms with Gasteiger partial charge in [-0.1, -0.05) is 31.2 Å². The van der Waals surface area contributed by atoms with Gasteiger partial charge >= 0.3 is 0 Å². The maximum absolute atomic E-state index is 12.7. The smallest absolute Gasteiger partial charge is 0.183 e. The third-order valence-corrected chi connectivity index (χ3v) is 4.95. The van der Waals surface area contributed by atoms with Gasteiger partial charge in [-0.2, -0.15) is 0 Å². The van der Waals surface area contributed by atoms with E-state index in [1.807, 2.05) is 0 Å². The van der Waals surface area contributed by atoms with Crippen LogP contribution in [-0.4, -0.2) is 22.5 Å². The van der Waals surface area contributed by atoms with E-state index in [-0.39, 0.29) is 23.6 Å². The number of benzene rings is 1. The van der Waals surface area contributed by atoms with Crippen molar-refractivity contribution < 1.29 is 19.5 Å². The van der Waals surface area contributed by atoms with Crippen molar-refractivity contribution in [2.24, 2.45) is 11.3 Å². The van der Waals surface area contributed by atoms with E-state index < -0.39 is 22.7 Å². The molecule has 0 radical (unpaired) electrons. The van der Waals surface area contributed by atoms with Crippen molar-refractivity contribution in [3.8, 4) is 0 Å². The monoisotopic (exact) mass is 272 g/mol. The van der Waals surface area contributed by atoms with Crippen LogP contribution in [0.25, 0.3) is 0 Å². The van der Waals surface area contributed by atoms with Crippen molar-refractivity contribution in [2.45, 2.75) is 32.3 Å². The SMILES string of the molecule is CC[C@@]12C[C@@H](C(C)=O)[C@@](O)(C1=O)c1ccccc1C2=O. The van der Waals surface area contributed by atoms with Crippen LogP contribution in [0.5, 0.6) is 0 Å². The Bertz CT molecular complexity index is 648. The van der Waals surface area contributed by atoms with Gasteiger partial charge in [0.15, 0.2) is 17.2 Å². The third-order valence-electron chi connectivity index (χ3n) is 4.95. The summed E-state index contributed by atoms with van der Waals surface area (Å²) in [4.78, 5) is 37.3. The summed E-state index contributed by atoms with van der Waals surface area (Å²) in [6, 6.07) is 6.58. The molecule has 1 saturated carbocycles. The number of carbonyl (C=O) groups excluding carboxylic acids is 3. The maximum atomic E-state index is 12.7. The van der Waals surface area contributed by atoms with Gasteiger partial charge in [0.2, 0.25) is 0 Å². The van der Waals surface area contributed by atoms with Crippen molar-refractivity contribution in [1.29, 1.82) is 0 Å². The van der Waals surface area contributed by atoms with Crippen molar-refractivity contribution in [3.63, 3.8) is 0 Å². The fraction of sp³-hybridized carbons (Fsp3) is 0.438. The Morgan fingerprint density at radius 1 is 1.35 bits per heavy atom. The zero-order valence-corrected chi connectivity index (χ0v) is 11.5. The van der Waals surface area contributed by atoms with Crippen LogP contribution < -0.4 is 0 Å². The molecule has 0 unspecified atom stereocenters. The zero-order valence-electron chi connectivity index (χ0n) is 11.5. The van der Waals surface area contributed by atoms with Crippen LogP contribution in [0.1, 0.15) is 42.6 Å². The lowest BCUT2D eigenvalue weighted by atomic mass is 9.67. The van der Waals surface area contributed by atoms with E-state index in [2.05, 4.69) is 0 Å². The van der Waals surface area contributed by atoms with Gasteiger partial charge in [-0.3, -0.25) is 14.4 Å². The number of rotatable bonds is 2. The van der Waals surface area contributed by atoms with Crippen LogP contribution in [0.15, 0.2) is 24.3 Å². The van der Waals surface area contributed by atoms with Gasteiger partial charge in [-0.25, -0.2) is 0 Å². The molecule has 0 aromatic heterocycles. The lowest BCUT2D eigenvalue weighted by Gasteiger charge is -2.35. The van der Waals surface area contributed by atoms with E-state index in [0.717, 1.165) is 0 Å². The molecule has 3 rings (SSSR count). The molecule has 3 atom stereocenters. The highest BCUT2D eigenvalue weighted by molar-refractivity contribution is 6.24. The molecule has 4 nitrogen and oxygen atoms in total. The Kier molecular flexibility index (Phi) is 2.54. The Labute approximate surface area is 116 Å². The topological polar surface area (TPSA) is 71.4 Å². The van der Waals surface area contributed by atoms with Gasteiger partial charge in [0.25, 0.3) is 0 Å². The molecule has 0 heterocycles. The first kappa shape index (κ1) is 13.2. The highest BCUT2D eigenvalue weighted by Gasteiger charge is 2.69. The molecule has 1 N–H and O–H groups in total. The first-order valence-corrected chi connectivity index (χ1v) is 6.81. The van der Waals surface area contributed by atoms with Crippen LogP contribution in [0.2, 0.25) is 0 Å². The molecule has 0 saturated heterocycles. The zero-order chi connectivity index (χ0) is 14.7. The molecule has 2 aliphatic rings. The quantitative estimate of drug-likeness (QED) is 0.831. The Morgan fingerprint density at radius 3 is 2.60 bits per heavy atom. The first-order chi connectivity index (χ1) is 9.39. The molecule has 1 fully saturated rings. The van der Waals surface area contributed by atoms with E-state index in [4.69, 9.17) is 0 Å². The van der Waals surface area contributed by atoms with E-state index in [9.17, 15) is 19.5 Å². The summed E-state index contributed by atoms with van der Waals surface area (Å²) in [5, 5.41) is 11.0. The molecule has 104 valence electrons. The van der Waals surface area contributed by atoms with E-state index in [0.29, 0.717) is 12.0 Å². The predicted molar refractivity (Wildman–Crippen MR) is 71.2 cm³/mol. The largest absolute Gasteiger partial charge is 0.376 e. The van der Waals surface area contributed by atoms with Crippen LogP contribution in [0, 0.1) is 11.3 Å². The first-order valence-electron chi connectivity index (χ1n) is 6.81. The van der Waals surface area contributed by atoms with E-state index >= 15 is 0 Å². The Morgan fingerprint density at radius 2 is 2.00 bits per heavy atom. The van der Waals surface area contributed by atoms with Gasteiger partial charge in [0.1, 0.15) is 5.78 Å². The van der Waals surface area contributed by atoms with Crippen LogP contribution in [-0.2, 0) is 15.2 Å². The number of hydrogen-bond acceptors (Lipinski definition) is 4. The average Bonchev–Trinajstić information content (AvgIpc) is 2.64. The van der Waals surface area contributed by atoms with Crippen molar-refractivity contribution in [3.05, 3.63) is 35.4 Å². The van der Waals surface area contributed by atoms with Crippen molar-refractivity contribution >= 4 is 17.3 Å². The average molecular weight is 272 g/mol. The molecule has 2 bridgehead atoms. The lowest BCUT2D eigenvalue weighted by Crippen LogP contribution is -2.50. The standard InChI is InChI=1S/C16H16O4/c1-3-15-8-12(9(2)17)16(20,14(15)19)11-7-5-4-6-10(11)13(15)18/h4-7,12,20H,3,8H2,1-2H3/t12-,15-,16+/m0/s1.